The molecule has 166 valence electrons. The van der Waals surface area contributed by atoms with Crippen molar-refractivity contribution in [3.05, 3.63) is 77.7 Å². The zero-order chi connectivity index (χ0) is 23.1. The number of aromatic nitrogens is 2. The van der Waals surface area contributed by atoms with Crippen LogP contribution in [0, 0.1) is 12.7 Å². The summed E-state index contributed by atoms with van der Waals surface area (Å²) < 4.78 is 24.3. The van der Waals surface area contributed by atoms with Gasteiger partial charge in [-0.25, -0.2) is 9.37 Å². The summed E-state index contributed by atoms with van der Waals surface area (Å²) >= 11 is 0. The van der Waals surface area contributed by atoms with Gasteiger partial charge in [0.2, 0.25) is 0 Å². The fourth-order valence-electron chi connectivity index (χ4n) is 3.43. The van der Waals surface area contributed by atoms with Crippen LogP contribution in [0.15, 0.2) is 59.5 Å². The van der Waals surface area contributed by atoms with E-state index in [0.717, 1.165) is 27.8 Å². The van der Waals surface area contributed by atoms with Crippen molar-refractivity contribution in [2.24, 2.45) is 0 Å². The second kappa shape index (κ2) is 10.5. The second-order valence-electron chi connectivity index (χ2n) is 6.86. The average Bonchev–Trinajstić information content (AvgIpc) is 3.31. The van der Waals surface area contributed by atoms with Gasteiger partial charge in [-0.15, -0.1) is 0 Å². The number of fused-ring (bicyclic) bond motifs is 1. The Morgan fingerprint density at radius 2 is 1.97 bits per heavy atom. The molecule has 0 radical (unpaired) electrons. The Hall–Kier alpha value is -3.74. The normalized spacial score (nSPS) is 10.4. The van der Waals surface area contributed by atoms with Crippen LogP contribution in [0.25, 0.3) is 22.2 Å². The van der Waals surface area contributed by atoms with Crippen LogP contribution in [0.4, 0.5) is 4.39 Å². The summed E-state index contributed by atoms with van der Waals surface area (Å²) in [6.07, 6.45) is 2.98. The number of carbonyl (C=O) groups is 1. The molecule has 0 saturated heterocycles. The largest absolute Gasteiger partial charge is 0.496 e. The number of nitrogens with zero attached hydrogens (tertiary/aromatic N) is 2. The lowest BCUT2D eigenvalue weighted by atomic mass is 10.1. The molecule has 0 aliphatic rings. The highest BCUT2D eigenvalue weighted by Crippen LogP contribution is 2.28. The Morgan fingerprint density at radius 3 is 2.72 bits per heavy atom. The molecule has 0 atom stereocenters. The predicted octanol–water partition coefficient (Wildman–Crippen LogP) is 5.34. The first kappa shape index (κ1) is 22.9. The van der Waals surface area contributed by atoms with Gasteiger partial charge < -0.3 is 14.5 Å². The topological polar surface area (TPSA) is 77.2 Å². The fourth-order valence-corrected chi connectivity index (χ4v) is 3.43. The minimum atomic E-state index is -0.388. The third-order valence-corrected chi connectivity index (χ3v) is 4.90. The molecule has 2 heterocycles. The van der Waals surface area contributed by atoms with Crippen molar-refractivity contribution in [3.63, 3.8) is 0 Å². The summed E-state index contributed by atoms with van der Waals surface area (Å²) in [5.74, 6) is 0.428. The van der Waals surface area contributed by atoms with Gasteiger partial charge in [-0.1, -0.05) is 26.0 Å². The number of nitrogens with one attached hydrogen (secondary N) is 1. The first-order valence-corrected chi connectivity index (χ1v) is 10.5. The molecular weight excluding hydrogens is 409 g/mol. The van der Waals surface area contributed by atoms with Crippen LogP contribution >= 0.6 is 0 Å². The molecule has 0 unspecified atom stereocenters. The first-order chi connectivity index (χ1) is 15.6. The van der Waals surface area contributed by atoms with E-state index in [1.807, 2.05) is 57.2 Å². The van der Waals surface area contributed by atoms with E-state index in [-0.39, 0.29) is 17.4 Å². The van der Waals surface area contributed by atoms with E-state index < -0.39 is 0 Å². The molecule has 1 N–H and O–H groups in total. The number of halogens is 1. The minimum Gasteiger partial charge on any atom is -0.496 e. The van der Waals surface area contributed by atoms with E-state index >= 15 is 0 Å². The Balaban J connectivity index is 0.00000141. The van der Waals surface area contributed by atoms with Crippen molar-refractivity contribution in [2.75, 3.05) is 13.7 Å². The molecule has 4 rings (SSSR count). The van der Waals surface area contributed by atoms with Crippen LogP contribution in [0.2, 0.25) is 0 Å². The number of rotatable bonds is 6. The van der Waals surface area contributed by atoms with Gasteiger partial charge in [-0.2, -0.15) is 0 Å². The maximum atomic E-state index is 13.6. The number of ether oxygens (including phenoxy) is 1. The second-order valence-corrected chi connectivity index (χ2v) is 6.86. The molecule has 0 bridgehead atoms. The molecule has 32 heavy (non-hydrogen) atoms. The van der Waals surface area contributed by atoms with Crippen molar-refractivity contribution in [1.29, 1.82) is 0 Å². The van der Waals surface area contributed by atoms with Gasteiger partial charge in [0.05, 0.1) is 18.8 Å². The molecule has 0 spiro atoms. The highest BCUT2D eigenvalue weighted by molar-refractivity contribution is 5.97. The zero-order valence-corrected chi connectivity index (χ0v) is 18.6. The molecule has 0 aliphatic carbocycles. The van der Waals surface area contributed by atoms with Gasteiger partial charge in [-0.05, 0) is 54.8 Å². The molecule has 6 nitrogen and oxygen atoms in total. The molecule has 0 fully saturated rings. The van der Waals surface area contributed by atoms with E-state index in [2.05, 4.69) is 15.3 Å². The lowest BCUT2D eigenvalue weighted by Crippen LogP contribution is -2.26. The molecular formula is C25H26FN3O3. The van der Waals surface area contributed by atoms with Crippen LogP contribution in [0.1, 0.15) is 35.5 Å². The van der Waals surface area contributed by atoms with Crippen molar-refractivity contribution < 1.29 is 18.3 Å². The smallest absolute Gasteiger partial charge is 0.273 e. The van der Waals surface area contributed by atoms with Gasteiger partial charge in [0.1, 0.15) is 11.6 Å². The molecule has 0 aliphatic heterocycles. The van der Waals surface area contributed by atoms with Crippen LogP contribution in [-0.2, 0) is 6.42 Å². The molecule has 7 heteroatoms. The number of methoxy groups -OCH3 is 1. The van der Waals surface area contributed by atoms with E-state index in [1.165, 1.54) is 18.7 Å². The lowest BCUT2D eigenvalue weighted by molar-refractivity contribution is 0.0950. The Bertz CT molecular complexity index is 1220. The van der Waals surface area contributed by atoms with Gasteiger partial charge >= 0.3 is 0 Å². The maximum absolute atomic E-state index is 13.6. The monoisotopic (exact) mass is 435 g/mol. The third kappa shape index (κ3) is 4.94. The van der Waals surface area contributed by atoms with Crippen LogP contribution in [-0.4, -0.2) is 29.5 Å². The minimum absolute atomic E-state index is 0.213. The van der Waals surface area contributed by atoms with E-state index in [1.54, 1.807) is 7.11 Å². The Morgan fingerprint density at radius 1 is 1.16 bits per heavy atom. The van der Waals surface area contributed by atoms with E-state index in [9.17, 15) is 9.18 Å². The highest BCUT2D eigenvalue weighted by atomic mass is 19.1. The Kier molecular flexibility index (Phi) is 7.54. The number of pyridine rings is 1. The number of hydrogen-bond acceptors (Lipinski definition) is 5. The first-order valence-electron chi connectivity index (χ1n) is 10.5. The summed E-state index contributed by atoms with van der Waals surface area (Å²) in [5, 5.41) is 3.60. The molecule has 0 saturated carbocycles. The standard InChI is InChI=1S/C23H20FN3O3.C2H6/c1-14-10-16(6-7-20(14)29-2)22-21(27-13-30-22)23(28)25-9-8-15-4-3-5-19-18(15)11-17(24)12-26-19;1-2/h3-7,10-13H,8-9H2,1-2H3,(H,25,28);1-2H3. The number of amides is 1. The summed E-state index contributed by atoms with van der Waals surface area (Å²) in [5.41, 5.74) is 3.51. The fraction of sp³-hybridized carbons (Fsp3) is 0.240. The summed E-state index contributed by atoms with van der Waals surface area (Å²) in [6.45, 7) is 6.28. The number of hydrogen-bond donors (Lipinski definition) is 1. The summed E-state index contributed by atoms with van der Waals surface area (Å²) in [4.78, 5) is 20.9. The number of benzene rings is 2. The number of aryl methyl sites for hydroxylation is 1. The van der Waals surface area contributed by atoms with E-state index in [0.29, 0.717) is 24.2 Å². The third-order valence-electron chi connectivity index (χ3n) is 4.90. The maximum Gasteiger partial charge on any atom is 0.273 e. The van der Waals surface area contributed by atoms with Crippen molar-refractivity contribution in [1.82, 2.24) is 15.3 Å². The van der Waals surface area contributed by atoms with Gasteiger partial charge in [0.15, 0.2) is 17.8 Å². The van der Waals surface area contributed by atoms with Crippen LogP contribution in [0.3, 0.4) is 0 Å². The summed E-state index contributed by atoms with van der Waals surface area (Å²) in [7, 11) is 1.61. The molecule has 4 aromatic rings. The van der Waals surface area contributed by atoms with Gasteiger partial charge in [0, 0.05) is 17.5 Å². The summed E-state index contributed by atoms with van der Waals surface area (Å²) in [6, 6.07) is 12.6. The average molecular weight is 435 g/mol. The number of oxazole rings is 1. The quantitative estimate of drug-likeness (QED) is 0.442. The van der Waals surface area contributed by atoms with Crippen LogP contribution in [0.5, 0.6) is 5.75 Å². The van der Waals surface area contributed by atoms with Gasteiger partial charge in [-0.3, -0.25) is 9.78 Å². The van der Waals surface area contributed by atoms with Crippen molar-refractivity contribution in [3.8, 4) is 17.1 Å². The lowest BCUT2D eigenvalue weighted by Gasteiger charge is -2.09. The van der Waals surface area contributed by atoms with Crippen LogP contribution < -0.4 is 10.1 Å². The Labute approximate surface area is 186 Å². The molecule has 1 amide bonds. The zero-order valence-electron chi connectivity index (χ0n) is 18.6. The predicted molar refractivity (Wildman–Crippen MR) is 122 cm³/mol. The molecule has 2 aromatic heterocycles. The van der Waals surface area contributed by atoms with Gasteiger partial charge in [0.25, 0.3) is 5.91 Å². The van der Waals surface area contributed by atoms with E-state index in [4.69, 9.17) is 9.15 Å². The number of carbonyl (C=O) groups excluding carboxylic acids is 1. The molecule has 2 aromatic carbocycles. The highest BCUT2D eigenvalue weighted by Gasteiger charge is 2.19. The van der Waals surface area contributed by atoms with Crippen molar-refractivity contribution >= 4 is 16.8 Å². The van der Waals surface area contributed by atoms with Crippen molar-refractivity contribution in [2.45, 2.75) is 27.2 Å². The SMILES string of the molecule is CC.COc1ccc(-c2ocnc2C(=O)NCCc2cccc3ncc(F)cc23)cc1C.